The van der Waals surface area contributed by atoms with Crippen LogP contribution < -0.4 is 4.90 Å². The predicted octanol–water partition coefficient (Wildman–Crippen LogP) is 17.0. The van der Waals surface area contributed by atoms with Crippen LogP contribution in [0.1, 0.15) is 0 Å². The normalized spacial score (nSPS) is 11.3. The quantitative estimate of drug-likeness (QED) is 0.139. The van der Waals surface area contributed by atoms with E-state index in [-0.39, 0.29) is 0 Å². The van der Waals surface area contributed by atoms with Crippen LogP contribution in [0.5, 0.6) is 0 Å². The highest BCUT2D eigenvalue weighted by Gasteiger charge is 2.21. The molecule has 0 aliphatic carbocycles. The third-order valence-corrected chi connectivity index (χ3v) is 12.0. The van der Waals surface area contributed by atoms with Gasteiger partial charge in [-0.05, 0) is 131 Å². The van der Waals surface area contributed by atoms with Gasteiger partial charge in [0.1, 0.15) is 0 Å². The molecule has 0 atom stereocenters. The molecule has 11 aromatic rings. The largest absolute Gasteiger partial charge is 0.310 e. The molecule has 1 nitrogen and oxygen atoms in total. The summed E-state index contributed by atoms with van der Waals surface area (Å²) in [5.74, 6) is 0. The van der Waals surface area contributed by atoms with Gasteiger partial charge in [-0.3, -0.25) is 0 Å². The van der Waals surface area contributed by atoms with Gasteiger partial charge in [-0.1, -0.05) is 200 Å². The molecule has 11 aromatic carbocycles. The lowest BCUT2D eigenvalue weighted by atomic mass is 9.91. The van der Waals surface area contributed by atoms with E-state index in [0.717, 1.165) is 28.2 Å². The molecule has 0 aliphatic heterocycles. The van der Waals surface area contributed by atoms with E-state index in [0.29, 0.717) is 0 Å². The van der Waals surface area contributed by atoms with Crippen molar-refractivity contribution in [1.29, 1.82) is 0 Å². The first kappa shape index (κ1) is 36.1. The molecule has 0 fully saturated rings. The molecule has 0 aliphatic rings. The van der Waals surface area contributed by atoms with Gasteiger partial charge in [0.15, 0.2) is 0 Å². The summed E-state index contributed by atoms with van der Waals surface area (Å²) in [4.78, 5) is 2.45. The van der Waals surface area contributed by atoms with Crippen molar-refractivity contribution in [3.05, 3.63) is 249 Å². The fraction of sp³-hybridized carbons (Fsp3) is 0. The van der Waals surface area contributed by atoms with E-state index in [1.807, 2.05) is 0 Å². The van der Waals surface area contributed by atoms with E-state index in [1.165, 1.54) is 76.8 Å². The van der Waals surface area contributed by atoms with E-state index in [9.17, 15) is 0 Å². The monoisotopic (exact) mass is 775 g/mol. The first-order valence-corrected chi connectivity index (χ1v) is 21.0. The molecular weight excluding hydrogens is 735 g/mol. The van der Waals surface area contributed by atoms with Gasteiger partial charge < -0.3 is 4.90 Å². The Morgan fingerprint density at radius 3 is 1.49 bits per heavy atom. The lowest BCUT2D eigenvalue weighted by molar-refractivity contribution is 1.28. The Kier molecular flexibility index (Phi) is 9.26. The van der Waals surface area contributed by atoms with Gasteiger partial charge in [-0.15, -0.1) is 0 Å². The van der Waals surface area contributed by atoms with Crippen molar-refractivity contribution in [3.63, 3.8) is 0 Å². The highest BCUT2D eigenvalue weighted by molar-refractivity contribution is 6.14. The minimum Gasteiger partial charge on any atom is -0.310 e. The lowest BCUT2D eigenvalue weighted by Gasteiger charge is -2.29. The van der Waals surface area contributed by atoms with Crippen molar-refractivity contribution in [2.75, 3.05) is 4.90 Å². The van der Waals surface area contributed by atoms with Crippen LogP contribution in [0.15, 0.2) is 249 Å². The van der Waals surface area contributed by atoms with Gasteiger partial charge in [-0.2, -0.15) is 0 Å². The molecule has 0 unspecified atom stereocenters. The van der Waals surface area contributed by atoms with E-state index < -0.39 is 0 Å². The minimum absolute atomic E-state index is 1.08. The molecule has 0 spiro atoms. The molecule has 0 saturated carbocycles. The first-order valence-electron chi connectivity index (χ1n) is 21.0. The molecule has 0 radical (unpaired) electrons. The molecule has 0 N–H and O–H groups in total. The van der Waals surface area contributed by atoms with Crippen molar-refractivity contribution in [2.45, 2.75) is 0 Å². The fourth-order valence-electron chi connectivity index (χ4n) is 8.97. The molecule has 11 rings (SSSR count). The predicted molar refractivity (Wildman–Crippen MR) is 261 cm³/mol. The maximum Gasteiger partial charge on any atom is 0.0546 e. The van der Waals surface area contributed by atoms with Crippen LogP contribution >= 0.6 is 0 Å². The summed E-state index contributed by atoms with van der Waals surface area (Å²) in [5, 5.41) is 7.48. The second kappa shape index (κ2) is 15.6. The Morgan fingerprint density at radius 2 is 0.738 bits per heavy atom. The Hall–Kier alpha value is -8.00. The molecule has 286 valence electrons. The van der Waals surface area contributed by atoms with Crippen LogP contribution in [-0.4, -0.2) is 0 Å². The average Bonchev–Trinajstić information content (AvgIpc) is 3.34. The third kappa shape index (κ3) is 6.93. The van der Waals surface area contributed by atoms with E-state index >= 15 is 0 Å². The fourth-order valence-corrected chi connectivity index (χ4v) is 8.97. The van der Waals surface area contributed by atoms with E-state index in [2.05, 4.69) is 254 Å². The van der Waals surface area contributed by atoms with Crippen molar-refractivity contribution < 1.29 is 0 Å². The van der Waals surface area contributed by atoms with Crippen molar-refractivity contribution in [3.8, 4) is 55.6 Å². The standard InChI is InChI=1S/C60H41N/c1-3-15-42(16-4-1)47-22-13-23-48(37-47)44-31-34-53(35-32-44)61(54-25-14-24-49(39-54)50-30-29-43-17-7-8-20-46(43)38-50)60-41-52(33-36-56(60)45-18-5-2-6-19-45)59-40-51-21-9-10-26-55(51)57-27-11-12-28-58(57)59/h1-41H. The number of hydrogen-bond donors (Lipinski definition) is 0. The Bertz CT molecular complexity index is 3350. The summed E-state index contributed by atoms with van der Waals surface area (Å²) in [6, 6.07) is 90.6. The summed E-state index contributed by atoms with van der Waals surface area (Å²) in [5.41, 5.74) is 15.1. The second-order valence-corrected chi connectivity index (χ2v) is 15.7. The number of fused-ring (bicyclic) bond motifs is 4. The number of benzene rings is 11. The van der Waals surface area contributed by atoms with E-state index in [1.54, 1.807) is 0 Å². The number of nitrogens with zero attached hydrogens (tertiary/aromatic N) is 1. The SMILES string of the molecule is c1ccc(-c2cccc(-c3ccc(N(c4cccc(-c5ccc6ccccc6c5)c4)c4cc(-c5cc6ccccc6c6ccccc56)ccc4-c4ccccc4)cc3)c2)cc1. The van der Waals surface area contributed by atoms with Crippen LogP contribution in [0.25, 0.3) is 88.0 Å². The summed E-state index contributed by atoms with van der Waals surface area (Å²) >= 11 is 0. The number of hydrogen-bond acceptors (Lipinski definition) is 1. The van der Waals surface area contributed by atoms with Crippen molar-refractivity contribution >= 4 is 49.4 Å². The smallest absolute Gasteiger partial charge is 0.0546 e. The number of rotatable bonds is 8. The zero-order valence-electron chi connectivity index (χ0n) is 33.6. The highest BCUT2D eigenvalue weighted by Crippen LogP contribution is 2.46. The van der Waals surface area contributed by atoms with Gasteiger partial charge in [0.05, 0.1) is 5.69 Å². The molecule has 0 saturated heterocycles. The molecule has 0 heterocycles. The van der Waals surface area contributed by atoms with Gasteiger partial charge >= 0.3 is 0 Å². The molecule has 61 heavy (non-hydrogen) atoms. The summed E-state index contributed by atoms with van der Waals surface area (Å²) in [6.45, 7) is 0. The summed E-state index contributed by atoms with van der Waals surface area (Å²) in [7, 11) is 0. The maximum absolute atomic E-state index is 2.45. The van der Waals surface area contributed by atoms with Crippen LogP contribution in [0.4, 0.5) is 17.1 Å². The van der Waals surface area contributed by atoms with Crippen LogP contribution in [0.3, 0.4) is 0 Å². The number of anilines is 3. The highest BCUT2D eigenvalue weighted by atomic mass is 15.1. The van der Waals surface area contributed by atoms with Gasteiger partial charge in [0.2, 0.25) is 0 Å². The average molecular weight is 776 g/mol. The molecular formula is C60H41N. The Labute approximate surface area is 357 Å². The Morgan fingerprint density at radius 1 is 0.213 bits per heavy atom. The van der Waals surface area contributed by atoms with Crippen LogP contribution in [0.2, 0.25) is 0 Å². The molecule has 0 bridgehead atoms. The van der Waals surface area contributed by atoms with E-state index in [4.69, 9.17) is 0 Å². The molecule has 0 amide bonds. The van der Waals surface area contributed by atoms with Crippen LogP contribution in [-0.2, 0) is 0 Å². The maximum atomic E-state index is 2.45. The van der Waals surface area contributed by atoms with Crippen LogP contribution in [0, 0.1) is 0 Å². The zero-order chi connectivity index (χ0) is 40.5. The van der Waals surface area contributed by atoms with Gasteiger partial charge in [0, 0.05) is 16.9 Å². The lowest BCUT2D eigenvalue weighted by Crippen LogP contribution is -2.11. The molecule has 1 heteroatoms. The summed E-state index contributed by atoms with van der Waals surface area (Å²) in [6.07, 6.45) is 0. The summed E-state index contributed by atoms with van der Waals surface area (Å²) < 4.78 is 0. The molecule has 0 aromatic heterocycles. The van der Waals surface area contributed by atoms with Gasteiger partial charge in [-0.25, -0.2) is 0 Å². The van der Waals surface area contributed by atoms with Gasteiger partial charge in [0.25, 0.3) is 0 Å². The topological polar surface area (TPSA) is 3.24 Å². The minimum atomic E-state index is 1.08. The zero-order valence-corrected chi connectivity index (χ0v) is 33.6. The van der Waals surface area contributed by atoms with Crippen molar-refractivity contribution in [1.82, 2.24) is 0 Å². The van der Waals surface area contributed by atoms with Crippen molar-refractivity contribution in [2.24, 2.45) is 0 Å². The Balaban J connectivity index is 1.12. The first-order chi connectivity index (χ1) is 30.2. The second-order valence-electron chi connectivity index (χ2n) is 15.7. The third-order valence-electron chi connectivity index (χ3n) is 12.0.